The van der Waals surface area contributed by atoms with Crippen LogP contribution in [0.25, 0.3) is 0 Å². The molecule has 1 rings (SSSR count). The molecule has 1 aromatic heterocycles. The number of rotatable bonds is 8. The molecule has 0 aromatic carbocycles. The highest BCUT2D eigenvalue weighted by atomic mass is 16.2. The molecule has 1 aromatic rings. The molecule has 0 radical (unpaired) electrons. The average molecular weight is 266 g/mol. The summed E-state index contributed by atoms with van der Waals surface area (Å²) in [5.41, 5.74) is 1.01. The van der Waals surface area contributed by atoms with E-state index in [9.17, 15) is 4.79 Å². The monoisotopic (exact) mass is 266 g/mol. The normalized spacial score (nSPS) is 12.7. The van der Waals surface area contributed by atoms with Crippen molar-refractivity contribution in [1.82, 2.24) is 20.0 Å². The number of aromatic nitrogens is 2. The molecule has 1 N–H and O–H groups in total. The molecule has 1 heterocycles. The molecule has 1 unspecified atom stereocenters. The molecule has 0 fully saturated rings. The van der Waals surface area contributed by atoms with Crippen molar-refractivity contribution in [3.05, 3.63) is 18.0 Å². The Kier molecular flexibility index (Phi) is 6.56. The number of nitrogens with zero attached hydrogens (tertiary/aromatic N) is 3. The summed E-state index contributed by atoms with van der Waals surface area (Å²) in [7, 11) is 0. The van der Waals surface area contributed by atoms with Gasteiger partial charge in [-0.2, -0.15) is 5.10 Å². The summed E-state index contributed by atoms with van der Waals surface area (Å²) in [5, 5.41) is 7.14. The van der Waals surface area contributed by atoms with E-state index in [0.29, 0.717) is 0 Å². The summed E-state index contributed by atoms with van der Waals surface area (Å²) in [6, 6.07) is 1.66. The van der Waals surface area contributed by atoms with Crippen LogP contribution in [-0.2, 0) is 4.79 Å². The molecule has 0 saturated carbocycles. The Hall–Kier alpha value is -1.36. The molecule has 0 spiro atoms. The number of hydrogen-bond acceptors (Lipinski definition) is 3. The first kappa shape index (κ1) is 15.7. The fraction of sp³-hybridized carbons (Fsp3) is 0.714. The molecule has 0 aliphatic carbocycles. The van der Waals surface area contributed by atoms with Gasteiger partial charge >= 0.3 is 0 Å². The average Bonchev–Trinajstić information content (AvgIpc) is 2.84. The van der Waals surface area contributed by atoms with Gasteiger partial charge in [0.2, 0.25) is 5.91 Å². The number of carbonyl (C=O) groups excluding carboxylic acids is 1. The Morgan fingerprint density at radius 3 is 2.68 bits per heavy atom. The van der Waals surface area contributed by atoms with Crippen LogP contribution in [-0.4, -0.2) is 46.8 Å². The zero-order chi connectivity index (χ0) is 14.3. The van der Waals surface area contributed by atoms with E-state index < -0.39 is 0 Å². The van der Waals surface area contributed by atoms with Crippen molar-refractivity contribution >= 4 is 5.91 Å². The maximum atomic E-state index is 12.0. The van der Waals surface area contributed by atoms with Gasteiger partial charge in [0.15, 0.2) is 0 Å². The van der Waals surface area contributed by atoms with E-state index >= 15 is 0 Å². The van der Waals surface area contributed by atoms with Crippen LogP contribution in [0, 0.1) is 6.92 Å². The van der Waals surface area contributed by atoms with Gasteiger partial charge in [-0.1, -0.05) is 13.8 Å². The maximum absolute atomic E-state index is 12.0. The summed E-state index contributed by atoms with van der Waals surface area (Å²) in [5.74, 6) is 0.0337. The molecular weight excluding hydrogens is 240 g/mol. The van der Waals surface area contributed by atoms with Crippen molar-refractivity contribution in [1.29, 1.82) is 0 Å². The first-order chi connectivity index (χ1) is 9.10. The first-order valence-electron chi connectivity index (χ1n) is 7.10. The largest absolute Gasteiger partial charge is 0.354 e. The van der Waals surface area contributed by atoms with Crippen molar-refractivity contribution in [2.75, 3.05) is 26.2 Å². The lowest BCUT2D eigenvalue weighted by molar-refractivity contribution is -0.124. The van der Waals surface area contributed by atoms with E-state index in [1.807, 2.05) is 19.9 Å². The maximum Gasteiger partial charge on any atom is 0.244 e. The molecule has 0 saturated heterocycles. The van der Waals surface area contributed by atoms with Crippen LogP contribution in [0.15, 0.2) is 12.3 Å². The van der Waals surface area contributed by atoms with E-state index in [1.54, 1.807) is 10.9 Å². The van der Waals surface area contributed by atoms with Crippen LogP contribution in [0.4, 0.5) is 0 Å². The minimum atomic E-state index is -0.247. The van der Waals surface area contributed by atoms with Gasteiger partial charge in [0, 0.05) is 18.4 Å². The van der Waals surface area contributed by atoms with E-state index in [4.69, 9.17) is 0 Å². The summed E-state index contributed by atoms with van der Waals surface area (Å²) in [6.07, 6.45) is 2.71. The highest BCUT2D eigenvalue weighted by molar-refractivity contribution is 5.79. The lowest BCUT2D eigenvalue weighted by Crippen LogP contribution is -2.34. The molecule has 108 valence electrons. The lowest BCUT2D eigenvalue weighted by atomic mass is 10.3. The van der Waals surface area contributed by atoms with E-state index in [-0.39, 0.29) is 11.9 Å². The van der Waals surface area contributed by atoms with Gasteiger partial charge in [-0.25, -0.2) is 0 Å². The van der Waals surface area contributed by atoms with Crippen LogP contribution in [0.1, 0.15) is 38.9 Å². The Morgan fingerprint density at radius 2 is 2.16 bits per heavy atom. The molecule has 5 nitrogen and oxygen atoms in total. The van der Waals surface area contributed by atoms with Crippen molar-refractivity contribution in [2.45, 2.75) is 40.2 Å². The quantitative estimate of drug-likeness (QED) is 0.727. The van der Waals surface area contributed by atoms with Crippen LogP contribution in [0.3, 0.4) is 0 Å². The second kappa shape index (κ2) is 7.94. The molecular formula is C14H26N4O. The minimum absolute atomic E-state index is 0.0337. The van der Waals surface area contributed by atoms with Gasteiger partial charge in [-0.05, 0) is 46.0 Å². The highest BCUT2D eigenvalue weighted by Gasteiger charge is 2.16. The smallest absolute Gasteiger partial charge is 0.244 e. The van der Waals surface area contributed by atoms with E-state index in [2.05, 4.69) is 29.2 Å². The fourth-order valence-corrected chi connectivity index (χ4v) is 2.10. The number of nitrogens with one attached hydrogen (secondary N) is 1. The summed E-state index contributed by atoms with van der Waals surface area (Å²) in [6.45, 7) is 12.0. The van der Waals surface area contributed by atoms with Gasteiger partial charge in [-0.15, -0.1) is 0 Å². The summed E-state index contributed by atoms with van der Waals surface area (Å²) >= 11 is 0. The van der Waals surface area contributed by atoms with Gasteiger partial charge in [0.25, 0.3) is 0 Å². The zero-order valence-electron chi connectivity index (χ0n) is 12.5. The van der Waals surface area contributed by atoms with Crippen LogP contribution in [0.2, 0.25) is 0 Å². The van der Waals surface area contributed by atoms with E-state index in [0.717, 1.165) is 38.3 Å². The second-order valence-electron chi connectivity index (χ2n) is 4.76. The first-order valence-corrected chi connectivity index (χ1v) is 7.10. The fourth-order valence-electron chi connectivity index (χ4n) is 2.10. The predicted octanol–water partition coefficient (Wildman–Crippen LogP) is 1.60. The third kappa shape index (κ3) is 4.67. The van der Waals surface area contributed by atoms with Crippen molar-refractivity contribution in [2.24, 2.45) is 0 Å². The van der Waals surface area contributed by atoms with Crippen molar-refractivity contribution in [3.8, 4) is 0 Å². The summed E-state index contributed by atoms with van der Waals surface area (Å²) in [4.78, 5) is 14.3. The molecule has 1 atom stereocenters. The second-order valence-corrected chi connectivity index (χ2v) is 4.76. The Bertz CT molecular complexity index is 385. The number of hydrogen-bond donors (Lipinski definition) is 1. The number of amides is 1. The molecule has 0 aliphatic heterocycles. The Morgan fingerprint density at radius 1 is 1.47 bits per heavy atom. The minimum Gasteiger partial charge on any atom is -0.354 e. The van der Waals surface area contributed by atoms with Gasteiger partial charge in [-0.3, -0.25) is 9.48 Å². The topological polar surface area (TPSA) is 50.2 Å². The summed E-state index contributed by atoms with van der Waals surface area (Å²) < 4.78 is 1.75. The highest BCUT2D eigenvalue weighted by Crippen LogP contribution is 2.07. The molecule has 0 aliphatic rings. The lowest BCUT2D eigenvalue weighted by Gasteiger charge is -2.18. The van der Waals surface area contributed by atoms with Crippen LogP contribution >= 0.6 is 0 Å². The van der Waals surface area contributed by atoms with E-state index in [1.165, 1.54) is 0 Å². The van der Waals surface area contributed by atoms with Crippen LogP contribution < -0.4 is 5.32 Å². The standard InChI is InChI=1S/C14H26N4O/c1-5-17(6-2)11-7-9-15-14(19)13(4)18-12(3)8-10-16-18/h8,10,13H,5-7,9,11H2,1-4H3,(H,15,19). The van der Waals surface area contributed by atoms with Crippen molar-refractivity contribution < 1.29 is 4.79 Å². The Labute approximate surface area is 116 Å². The third-order valence-corrected chi connectivity index (χ3v) is 3.46. The Balaban J connectivity index is 2.30. The van der Waals surface area contributed by atoms with Gasteiger partial charge in [0.05, 0.1) is 0 Å². The van der Waals surface area contributed by atoms with Crippen molar-refractivity contribution in [3.63, 3.8) is 0 Å². The molecule has 1 amide bonds. The molecule has 5 heteroatoms. The van der Waals surface area contributed by atoms with Gasteiger partial charge in [0.1, 0.15) is 6.04 Å². The third-order valence-electron chi connectivity index (χ3n) is 3.46. The number of carbonyl (C=O) groups is 1. The number of aryl methyl sites for hydroxylation is 1. The zero-order valence-corrected chi connectivity index (χ0v) is 12.5. The molecule has 0 bridgehead atoms. The van der Waals surface area contributed by atoms with Gasteiger partial charge < -0.3 is 10.2 Å². The SMILES string of the molecule is CCN(CC)CCCNC(=O)C(C)n1nccc1C. The predicted molar refractivity (Wildman–Crippen MR) is 77.1 cm³/mol. The van der Waals surface area contributed by atoms with Crippen LogP contribution in [0.5, 0.6) is 0 Å². The molecule has 19 heavy (non-hydrogen) atoms.